The molecule has 0 saturated carbocycles. The van der Waals surface area contributed by atoms with Gasteiger partial charge in [-0.1, -0.05) is 18.2 Å². The first-order valence-corrected chi connectivity index (χ1v) is 6.74. The van der Waals surface area contributed by atoms with Crippen LogP contribution in [0.4, 0.5) is 4.39 Å². The van der Waals surface area contributed by atoms with E-state index in [9.17, 15) is 9.18 Å². The summed E-state index contributed by atoms with van der Waals surface area (Å²) in [6.07, 6.45) is 1.27. The SMILES string of the molecule is O=C(CC1CCOc2ccccc21)c1ccc(F)cc1. The van der Waals surface area contributed by atoms with Gasteiger partial charge in [-0.15, -0.1) is 0 Å². The van der Waals surface area contributed by atoms with E-state index in [4.69, 9.17) is 4.74 Å². The van der Waals surface area contributed by atoms with Gasteiger partial charge < -0.3 is 4.74 Å². The molecule has 0 amide bonds. The van der Waals surface area contributed by atoms with Gasteiger partial charge >= 0.3 is 0 Å². The van der Waals surface area contributed by atoms with Gasteiger partial charge in [0.2, 0.25) is 0 Å². The van der Waals surface area contributed by atoms with Crippen molar-refractivity contribution in [2.75, 3.05) is 6.61 Å². The highest BCUT2D eigenvalue weighted by Crippen LogP contribution is 2.36. The van der Waals surface area contributed by atoms with Crippen LogP contribution in [0.5, 0.6) is 5.75 Å². The third kappa shape index (κ3) is 2.57. The van der Waals surface area contributed by atoms with Crippen molar-refractivity contribution >= 4 is 5.78 Å². The van der Waals surface area contributed by atoms with E-state index in [2.05, 4.69) is 0 Å². The number of para-hydroxylation sites is 1. The summed E-state index contributed by atoms with van der Waals surface area (Å²) >= 11 is 0. The fourth-order valence-electron chi connectivity index (χ4n) is 2.61. The number of Topliss-reactive ketones (excluding diaryl/α,β-unsaturated/α-hetero) is 1. The first kappa shape index (κ1) is 12.9. The first-order valence-electron chi connectivity index (χ1n) is 6.74. The molecule has 1 aliphatic heterocycles. The lowest BCUT2D eigenvalue weighted by molar-refractivity contribution is 0.0966. The largest absolute Gasteiger partial charge is 0.493 e. The van der Waals surface area contributed by atoms with Gasteiger partial charge in [-0.05, 0) is 48.2 Å². The number of benzene rings is 2. The van der Waals surface area contributed by atoms with Crippen molar-refractivity contribution in [3.63, 3.8) is 0 Å². The second kappa shape index (κ2) is 5.45. The maximum absolute atomic E-state index is 12.9. The number of hydrogen-bond donors (Lipinski definition) is 0. The highest BCUT2D eigenvalue weighted by Gasteiger charge is 2.23. The second-order valence-corrected chi connectivity index (χ2v) is 5.01. The number of hydrogen-bond acceptors (Lipinski definition) is 2. The molecule has 0 bridgehead atoms. The first-order chi connectivity index (χ1) is 9.74. The highest BCUT2D eigenvalue weighted by atomic mass is 19.1. The van der Waals surface area contributed by atoms with Crippen LogP contribution < -0.4 is 4.74 Å². The van der Waals surface area contributed by atoms with Crippen molar-refractivity contribution in [1.82, 2.24) is 0 Å². The third-order valence-electron chi connectivity index (χ3n) is 3.68. The van der Waals surface area contributed by atoms with Gasteiger partial charge in [0.15, 0.2) is 5.78 Å². The summed E-state index contributed by atoms with van der Waals surface area (Å²) in [6, 6.07) is 13.6. The van der Waals surface area contributed by atoms with E-state index in [1.54, 1.807) is 12.1 Å². The molecular weight excluding hydrogens is 255 g/mol. The standard InChI is InChI=1S/C17H15FO2/c18-14-7-5-12(6-8-14)16(19)11-13-9-10-20-17-4-2-1-3-15(13)17/h1-8,13H,9-11H2. The predicted octanol–water partition coefficient (Wildman–Crippen LogP) is 3.96. The molecule has 0 spiro atoms. The van der Waals surface area contributed by atoms with Gasteiger partial charge in [-0.25, -0.2) is 4.39 Å². The minimum atomic E-state index is -0.321. The fraction of sp³-hybridized carbons (Fsp3) is 0.235. The van der Waals surface area contributed by atoms with E-state index in [-0.39, 0.29) is 17.5 Å². The number of rotatable bonds is 3. The Morgan fingerprint density at radius 2 is 1.90 bits per heavy atom. The molecule has 2 aromatic carbocycles. The van der Waals surface area contributed by atoms with Crippen LogP contribution in [0.3, 0.4) is 0 Å². The molecule has 3 heteroatoms. The van der Waals surface area contributed by atoms with E-state index in [1.807, 2.05) is 24.3 Å². The lowest BCUT2D eigenvalue weighted by atomic mass is 9.87. The average molecular weight is 270 g/mol. The quantitative estimate of drug-likeness (QED) is 0.789. The van der Waals surface area contributed by atoms with Crippen LogP contribution in [0.15, 0.2) is 48.5 Å². The summed E-state index contributed by atoms with van der Waals surface area (Å²) in [5.74, 6) is 0.776. The van der Waals surface area contributed by atoms with Gasteiger partial charge in [-0.2, -0.15) is 0 Å². The Hall–Kier alpha value is -2.16. The normalized spacial score (nSPS) is 17.1. The lowest BCUT2D eigenvalue weighted by Gasteiger charge is -2.25. The number of ketones is 1. The van der Waals surface area contributed by atoms with E-state index in [0.717, 1.165) is 17.7 Å². The Bertz CT molecular complexity index is 619. The van der Waals surface area contributed by atoms with E-state index >= 15 is 0 Å². The third-order valence-corrected chi connectivity index (χ3v) is 3.68. The molecule has 0 aliphatic carbocycles. The molecule has 2 aromatic rings. The number of ether oxygens (including phenoxy) is 1. The van der Waals surface area contributed by atoms with Crippen molar-refractivity contribution in [1.29, 1.82) is 0 Å². The van der Waals surface area contributed by atoms with Crippen molar-refractivity contribution in [3.05, 3.63) is 65.5 Å². The molecule has 0 fully saturated rings. The molecule has 0 radical (unpaired) electrons. The minimum Gasteiger partial charge on any atom is -0.493 e. The van der Waals surface area contributed by atoms with Crippen molar-refractivity contribution in [3.8, 4) is 5.75 Å². The zero-order valence-corrected chi connectivity index (χ0v) is 11.0. The van der Waals surface area contributed by atoms with Gasteiger partial charge in [-0.3, -0.25) is 4.79 Å². The molecule has 1 atom stereocenters. The van der Waals surface area contributed by atoms with Gasteiger partial charge in [0.1, 0.15) is 11.6 Å². The Morgan fingerprint density at radius 1 is 1.15 bits per heavy atom. The summed E-state index contributed by atoms with van der Waals surface area (Å²) in [5, 5.41) is 0. The molecule has 0 aromatic heterocycles. The van der Waals surface area contributed by atoms with E-state index < -0.39 is 0 Å². The maximum Gasteiger partial charge on any atom is 0.163 e. The van der Waals surface area contributed by atoms with Crippen LogP contribution in [0.2, 0.25) is 0 Å². The molecule has 0 saturated heterocycles. The fourth-order valence-corrected chi connectivity index (χ4v) is 2.61. The Balaban J connectivity index is 1.79. The van der Waals surface area contributed by atoms with Crippen LogP contribution in [0.1, 0.15) is 34.7 Å². The molecule has 1 unspecified atom stereocenters. The summed E-state index contributed by atoms with van der Waals surface area (Å²) in [4.78, 5) is 12.3. The van der Waals surface area contributed by atoms with E-state index in [0.29, 0.717) is 18.6 Å². The van der Waals surface area contributed by atoms with Gasteiger partial charge in [0, 0.05) is 12.0 Å². The molecular formula is C17H15FO2. The smallest absolute Gasteiger partial charge is 0.163 e. The lowest BCUT2D eigenvalue weighted by Crippen LogP contribution is -2.17. The summed E-state index contributed by atoms with van der Waals surface area (Å²) in [5.41, 5.74) is 1.66. The Morgan fingerprint density at radius 3 is 2.70 bits per heavy atom. The van der Waals surface area contributed by atoms with Crippen LogP contribution in [0.25, 0.3) is 0 Å². The zero-order chi connectivity index (χ0) is 13.9. The molecule has 3 rings (SSSR count). The molecule has 1 heterocycles. The molecule has 20 heavy (non-hydrogen) atoms. The molecule has 1 aliphatic rings. The summed E-state index contributed by atoms with van der Waals surface area (Å²) in [6.45, 7) is 0.637. The van der Waals surface area contributed by atoms with Crippen molar-refractivity contribution in [2.24, 2.45) is 0 Å². The van der Waals surface area contributed by atoms with Gasteiger partial charge in [0.05, 0.1) is 6.61 Å². The Labute approximate surface area is 117 Å². The van der Waals surface area contributed by atoms with E-state index in [1.165, 1.54) is 12.1 Å². The van der Waals surface area contributed by atoms with Crippen molar-refractivity contribution in [2.45, 2.75) is 18.8 Å². The van der Waals surface area contributed by atoms with Crippen LogP contribution in [-0.4, -0.2) is 12.4 Å². The zero-order valence-electron chi connectivity index (χ0n) is 11.0. The number of halogens is 1. The number of carbonyl (C=O) groups is 1. The van der Waals surface area contributed by atoms with Crippen LogP contribution in [0, 0.1) is 5.82 Å². The average Bonchev–Trinajstić information content (AvgIpc) is 2.48. The maximum atomic E-state index is 12.9. The Kier molecular flexibility index (Phi) is 3.50. The molecule has 102 valence electrons. The summed E-state index contributed by atoms with van der Waals surface area (Å²) in [7, 11) is 0. The van der Waals surface area contributed by atoms with Crippen LogP contribution in [-0.2, 0) is 0 Å². The molecule has 2 nitrogen and oxygen atoms in total. The van der Waals surface area contributed by atoms with Gasteiger partial charge in [0.25, 0.3) is 0 Å². The highest BCUT2D eigenvalue weighted by molar-refractivity contribution is 5.96. The topological polar surface area (TPSA) is 26.3 Å². The van der Waals surface area contributed by atoms with Crippen molar-refractivity contribution < 1.29 is 13.9 Å². The predicted molar refractivity (Wildman–Crippen MR) is 74.6 cm³/mol. The second-order valence-electron chi connectivity index (χ2n) is 5.01. The summed E-state index contributed by atoms with van der Waals surface area (Å²) < 4.78 is 18.5. The molecule has 0 N–H and O–H groups in total. The van der Waals surface area contributed by atoms with Crippen LogP contribution >= 0.6 is 0 Å². The number of carbonyl (C=O) groups excluding carboxylic acids is 1. The number of fused-ring (bicyclic) bond motifs is 1. The monoisotopic (exact) mass is 270 g/mol. The minimum absolute atomic E-state index is 0.0479.